The topological polar surface area (TPSA) is 108 Å². The number of aromatic nitrogens is 1. The largest absolute Gasteiger partial charge is 0.511 e. The molecule has 2 heterocycles. The molecule has 33 heavy (non-hydrogen) atoms. The molecule has 8 nitrogen and oxygen atoms in total. The molecular formula is C24H28BrN3O5. The highest BCUT2D eigenvalue weighted by Gasteiger charge is 2.35. The number of hydrogen-bond donors (Lipinski definition) is 3. The minimum atomic E-state index is -1.22. The summed E-state index contributed by atoms with van der Waals surface area (Å²) >= 11 is 3.38. The Balaban J connectivity index is 1.72. The maximum atomic E-state index is 12.7. The van der Waals surface area contributed by atoms with Gasteiger partial charge in [0.05, 0.1) is 24.4 Å². The van der Waals surface area contributed by atoms with Crippen molar-refractivity contribution in [3.63, 3.8) is 0 Å². The van der Waals surface area contributed by atoms with Crippen molar-refractivity contribution in [2.75, 3.05) is 32.8 Å². The average molecular weight is 518 g/mol. The van der Waals surface area contributed by atoms with E-state index in [1.165, 1.54) is 0 Å². The lowest BCUT2D eigenvalue weighted by Crippen LogP contribution is -2.35. The van der Waals surface area contributed by atoms with Crippen LogP contribution in [0.4, 0.5) is 0 Å². The van der Waals surface area contributed by atoms with Gasteiger partial charge in [-0.05, 0) is 31.1 Å². The summed E-state index contributed by atoms with van der Waals surface area (Å²) in [5.74, 6) is -0.111. The SMILES string of the molecule is CCNC(=O)c1noc(C2=C(O)CC(C)(O)C(Br)=C2)c1-c1ccc(CN2CCOCC2)cc1. The third-order valence-electron chi connectivity index (χ3n) is 5.85. The number of ether oxygens (including phenoxy) is 1. The second-order valence-electron chi connectivity index (χ2n) is 8.48. The number of carbonyl (C=O) groups is 1. The van der Waals surface area contributed by atoms with Crippen LogP contribution in [-0.2, 0) is 11.3 Å². The summed E-state index contributed by atoms with van der Waals surface area (Å²) in [6.07, 6.45) is 1.62. The molecule has 1 aliphatic carbocycles. The summed E-state index contributed by atoms with van der Waals surface area (Å²) in [6.45, 7) is 7.99. The van der Waals surface area contributed by atoms with Crippen molar-refractivity contribution >= 4 is 27.4 Å². The van der Waals surface area contributed by atoms with Crippen LogP contribution in [0, 0.1) is 0 Å². The van der Waals surface area contributed by atoms with Crippen LogP contribution in [0.1, 0.15) is 42.1 Å². The Morgan fingerprint density at radius 3 is 2.64 bits per heavy atom. The number of carbonyl (C=O) groups excluding carboxylic acids is 1. The molecule has 1 atom stereocenters. The molecular weight excluding hydrogens is 490 g/mol. The highest BCUT2D eigenvalue weighted by atomic mass is 79.9. The van der Waals surface area contributed by atoms with Crippen molar-refractivity contribution in [1.29, 1.82) is 0 Å². The van der Waals surface area contributed by atoms with Gasteiger partial charge >= 0.3 is 0 Å². The first-order valence-electron chi connectivity index (χ1n) is 11.0. The Labute approximate surface area is 201 Å². The van der Waals surface area contributed by atoms with Gasteiger partial charge in [-0.2, -0.15) is 0 Å². The van der Waals surface area contributed by atoms with Crippen molar-refractivity contribution in [3.05, 3.63) is 57.6 Å². The standard InChI is InChI=1S/C24H28BrN3O5/c1-3-26-23(30)21-20(16-6-4-15(5-7-16)14-28-8-10-32-11-9-28)22(33-27-21)17-12-19(25)24(2,31)13-18(17)29/h4-7,12,29,31H,3,8-11,13-14H2,1-2H3,(H,26,30). The van der Waals surface area contributed by atoms with Crippen molar-refractivity contribution in [2.24, 2.45) is 0 Å². The van der Waals surface area contributed by atoms with E-state index >= 15 is 0 Å². The maximum absolute atomic E-state index is 12.7. The fraction of sp³-hybridized carbons (Fsp3) is 0.417. The molecule has 2 aliphatic rings. The van der Waals surface area contributed by atoms with Crippen LogP contribution in [0.25, 0.3) is 16.7 Å². The number of aliphatic hydroxyl groups excluding tert-OH is 1. The van der Waals surface area contributed by atoms with Crippen LogP contribution in [0.15, 0.2) is 45.1 Å². The molecule has 0 spiro atoms. The molecule has 0 radical (unpaired) electrons. The molecule has 1 fully saturated rings. The molecule has 3 N–H and O–H groups in total. The molecule has 1 aromatic heterocycles. The van der Waals surface area contributed by atoms with E-state index in [9.17, 15) is 15.0 Å². The smallest absolute Gasteiger partial charge is 0.274 e. The first-order valence-corrected chi connectivity index (χ1v) is 11.8. The molecule has 4 rings (SSSR count). The summed E-state index contributed by atoms with van der Waals surface area (Å²) in [5, 5.41) is 27.9. The molecule has 2 aromatic rings. The Morgan fingerprint density at radius 2 is 1.97 bits per heavy atom. The predicted octanol–water partition coefficient (Wildman–Crippen LogP) is 3.63. The van der Waals surface area contributed by atoms with Gasteiger partial charge in [-0.1, -0.05) is 45.4 Å². The molecule has 0 bridgehead atoms. The summed E-state index contributed by atoms with van der Waals surface area (Å²) in [4.78, 5) is 15.1. The van der Waals surface area contributed by atoms with E-state index in [1.54, 1.807) is 13.0 Å². The Hall–Kier alpha value is -2.46. The quantitative estimate of drug-likeness (QED) is 0.536. The molecule has 176 valence electrons. The molecule has 9 heteroatoms. The molecule has 1 amide bonds. The normalized spacial score (nSPS) is 21.8. The molecule has 1 saturated heterocycles. The van der Waals surface area contributed by atoms with Crippen LogP contribution in [0.2, 0.25) is 0 Å². The van der Waals surface area contributed by atoms with Gasteiger partial charge < -0.3 is 24.8 Å². The van der Waals surface area contributed by atoms with Crippen LogP contribution < -0.4 is 5.32 Å². The second kappa shape index (κ2) is 9.80. The number of allylic oxidation sites excluding steroid dienone is 2. The lowest BCUT2D eigenvalue weighted by molar-refractivity contribution is 0.0342. The van der Waals surface area contributed by atoms with Gasteiger partial charge in [-0.15, -0.1) is 0 Å². The van der Waals surface area contributed by atoms with Gasteiger partial charge in [-0.3, -0.25) is 9.69 Å². The van der Waals surface area contributed by atoms with Crippen LogP contribution in [0.5, 0.6) is 0 Å². The molecule has 0 saturated carbocycles. The van der Waals surface area contributed by atoms with E-state index in [0.717, 1.165) is 44.0 Å². The third kappa shape index (κ3) is 5.06. The van der Waals surface area contributed by atoms with E-state index in [1.807, 2.05) is 31.2 Å². The minimum absolute atomic E-state index is 0.00847. The van der Waals surface area contributed by atoms with Crippen molar-refractivity contribution in [1.82, 2.24) is 15.4 Å². The van der Waals surface area contributed by atoms with E-state index in [-0.39, 0.29) is 29.5 Å². The zero-order valence-electron chi connectivity index (χ0n) is 18.7. The van der Waals surface area contributed by atoms with E-state index in [0.29, 0.717) is 22.2 Å². The summed E-state index contributed by atoms with van der Waals surface area (Å²) in [6, 6.07) is 7.91. The van der Waals surface area contributed by atoms with Gasteiger partial charge in [0.15, 0.2) is 11.5 Å². The molecule has 1 unspecified atom stereocenters. The zero-order valence-corrected chi connectivity index (χ0v) is 20.3. The summed E-state index contributed by atoms with van der Waals surface area (Å²) in [7, 11) is 0. The Kier molecular flexibility index (Phi) is 7.04. The summed E-state index contributed by atoms with van der Waals surface area (Å²) < 4.78 is 11.5. The van der Waals surface area contributed by atoms with Crippen LogP contribution in [0.3, 0.4) is 0 Å². The fourth-order valence-electron chi connectivity index (χ4n) is 4.00. The number of halogens is 1. The number of hydrogen-bond acceptors (Lipinski definition) is 7. The number of amides is 1. The van der Waals surface area contributed by atoms with Crippen molar-refractivity contribution < 1.29 is 24.3 Å². The Morgan fingerprint density at radius 1 is 1.27 bits per heavy atom. The molecule has 1 aromatic carbocycles. The Bertz CT molecular complexity index is 1080. The zero-order chi connectivity index (χ0) is 23.6. The monoisotopic (exact) mass is 517 g/mol. The van der Waals surface area contributed by atoms with Gasteiger partial charge in [-0.25, -0.2) is 0 Å². The first kappa shape index (κ1) is 23.7. The number of nitrogens with zero attached hydrogens (tertiary/aromatic N) is 2. The first-order chi connectivity index (χ1) is 15.8. The highest BCUT2D eigenvalue weighted by Crippen LogP contribution is 2.42. The fourth-order valence-corrected chi connectivity index (χ4v) is 4.37. The maximum Gasteiger partial charge on any atom is 0.274 e. The van der Waals surface area contributed by atoms with Gasteiger partial charge in [0.25, 0.3) is 5.91 Å². The summed E-state index contributed by atoms with van der Waals surface area (Å²) in [5.41, 5.74) is 1.70. The highest BCUT2D eigenvalue weighted by molar-refractivity contribution is 9.11. The lowest BCUT2D eigenvalue weighted by Gasteiger charge is -2.27. The van der Waals surface area contributed by atoms with E-state index in [4.69, 9.17) is 9.26 Å². The van der Waals surface area contributed by atoms with Gasteiger partial charge in [0.2, 0.25) is 0 Å². The molecule has 1 aliphatic heterocycles. The number of morpholine rings is 1. The van der Waals surface area contributed by atoms with Crippen molar-refractivity contribution in [3.8, 4) is 11.1 Å². The minimum Gasteiger partial charge on any atom is -0.511 e. The lowest BCUT2D eigenvalue weighted by atomic mass is 9.89. The average Bonchev–Trinajstić information content (AvgIpc) is 3.22. The van der Waals surface area contributed by atoms with Crippen LogP contribution >= 0.6 is 15.9 Å². The number of aliphatic hydroxyl groups is 2. The number of benzene rings is 1. The van der Waals surface area contributed by atoms with Gasteiger partial charge in [0, 0.05) is 37.1 Å². The predicted molar refractivity (Wildman–Crippen MR) is 128 cm³/mol. The second-order valence-corrected chi connectivity index (χ2v) is 9.34. The van der Waals surface area contributed by atoms with Crippen LogP contribution in [-0.4, -0.2) is 64.6 Å². The number of nitrogens with one attached hydrogen (secondary N) is 1. The van der Waals surface area contributed by atoms with E-state index in [2.05, 4.69) is 31.3 Å². The van der Waals surface area contributed by atoms with Crippen molar-refractivity contribution in [2.45, 2.75) is 32.4 Å². The third-order valence-corrected chi connectivity index (χ3v) is 6.93. The number of rotatable bonds is 6. The van der Waals surface area contributed by atoms with Gasteiger partial charge in [0.1, 0.15) is 11.4 Å². The van der Waals surface area contributed by atoms with E-state index < -0.39 is 5.60 Å².